The van der Waals surface area contributed by atoms with Gasteiger partial charge in [-0.1, -0.05) is 17.3 Å². The Hall–Kier alpha value is -3.61. The Morgan fingerprint density at radius 2 is 1.76 bits per heavy atom. The zero-order chi connectivity index (χ0) is 20.4. The van der Waals surface area contributed by atoms with Crippen LogP contribution in [-0.4, -0.2) is 36.0 Å². The molecule has 0 aliphatic carbocycles. The van der Waals surface area contributed by atoms with Gasteiger partial charge in [0.1, 0.15) is 0 Å². The van der Waals surface area contributed by atoms with Gasteiger partial charge in [-0.05, 0) is 49.7 Å². The van der Waals surface area contributed by atoms with E-state index >= 15 is 0 Å². The lowest BCUT2D eigenvalue weighted by Crippen LogP contribution is -1.98. The summed E-state index contributed by atoms with van der Waals surface area (Å²) in [7, 11) is 3.17. The molecule has 0 atom stereocenters. The molecule has 4 rings (SSSR count). The van der Waals surface area contributed by atoms with Gasteiger partial charge in [0.25, 0.3) is 5.89 Å². The number of benzene rings is 2. The molecule has 2 aromatic carbocycles. The SMILES string of the molecule is CCOc1nc2cc(C)ccc2cc1-c1noc(-c2ccc(OC)c(OC)c2)n1. The van der Waals surface area contributed by atoms with Crippen LogP contribution in [-0.2, 0) is 0 Å². The highest BCUT2D eigenvalue weighted by Crippen LogP contribution is 2.34. The zero-order valence-electron chi connectivity index (χ0n) is 16.7. The summed E-state index contributed by atoms with van der Waals surface area (Å²) in [6, 6.07) is 13.5. The molecular formula is C22H21N3O4. The first-order valence-electron chi connectivity index (χ1n) is 9.23. The van der Waals surface area contributed by atoms with Crippen LogP contribution in [0.2, 0.25) is 0 Å². The van der Waals surface area contributed by atoms with Gasteiger partial charge >= 0.3 is 0 Å². The minimum Gasteiger partial charge on any atom is -0.493 e. The van der Waals surface area contributed by atoms with Gasteiger partial charge in [0, 0.05) is 10.9 Å². The second kappa shape index (κ2) is 7.79. The molecule has 29 heavy (non-hydrogen) atoms. The van der Waals surface area contributed by atoms with Crippen LogP contribution < -0.4 is 14.2 Å². The number of pyridine rings is 1. The van der Waals surface area contributed by atoms with Crippen molar-refractivity contribution in [2.24, 2.45) is 0 Å². The molecule has 2 aromatic heterocycles. The predicted molar refractivity (Wildman–Crippen MR) is 109 cm³/mol. The minimum absolute atomic E-state index is 0.368. The molecule has 0 radical (unpaired) electrons. The first kappa shape index (κ1) is 18.7. The summed E-state index contributed by atoms with van der Waals surface area (Å²) < 4.78 is 21.9. The molecule has 2 heterocycles. The fourth-order valence-electron chi connectivity index (χ4n) is 3.09. The monoisotopic (exact) mass is 391 g/mol. The van der Waals surface area contributed by atoms with Crippen molar-refractivity contribution in [1.82, 2.24) is 15.1 Å². The molecule has 0 fully saturated rings. The van der Waals surface area contributed by atoms with Gasteiger partial charge < -0.3 is 18.7 Å². The lowest BCUT2D eigenvalue weighted by molar-refractivity contribution is 0.329. The Kier molecular flexibility index (Phi) is 5.03. The zero-order valence-corrected chi connectivity index (χ0v) is 16.7. The number of ether oxygens (including phenoxy) is 3. The lowest BCUT2D eigenvalue weighted by atomic mass is 10.1. The first-order valence-corrected chi connectivity index (χ1v) is 9.23. The van der Waals surface area contributed by atoms with Crippen molar-refractivity contribution >= 4 is 10.9 Å². The molecule has 0 N–H and O–H groups in total. The number of hydrogen-bond acceptors (Lipinski definition) is 7. The van der Waals surface area contributed by atoms with Crippen LogP contribution in [0, 0.1) is 6.92 Å². The Morgan fingerprint density at radius 1 is 0.931 bits per heavy atom. The fourth-order valence-corrected chi connectivity index (χ4v) is 3.09. The van der Waals surface area contributed by atoms with Crippen molar-refractivity contribution in [2.75, 3.05) is 20.8 Å². The maximum absolute atomic E-state index is 5.75. The Bertz CT molecular complexity index is 1170. The van der Waals surface area contributed by atoms with Crippen molar-refractivity contribution < 1.29 is 18.7 Å². The van der Waals surface area contributed by atoms with Gasteiger partial charge in [-0.25, -0.2) is 4.98 Å². The molecule has 148 valence electrons. The molecule has 0 spiro atoms. The van der Waals surface area contributed by atoms with Gasteiger partial charge in [-0.3, -0.25) is 0 Å². The Balaban J connectivity index is 1.78. The van der Waals surface area contributed by atoms with Crippen molar-refractivity contribution in [3.05, 3.63) is 48.0 Å². The molecule has 0 aliphatic heterocycles. The van der Waals surface area contributed by atoms with Crippen LogP contribution in [0.25, 0.3) is 33.7 Å². The van der Waals surface area contributed by atoms with Crippen LogP contribution >= 0.6 is 0 Å². The molecule has 0 saturated heterocycles. The summed E-state index contributed by atoms with van der Waals surface area (Å²) in [6.45, 7) is 4.43. The van der Waals surface area contributed by atoms with Crippen LogP contribution in [0.3, 0.4) is 0 Å². The highest BCUT2D eigenvalue weighted by atomic mass is 16.5. The third-order valence-electron chi connectivity index (χ3n) is 4.52. The van der Waals surface area contributed by atoms with E-state index in [9.17, 15) is 0 Å². The van der Waals surface area contributed by atoms with E-state index in [1.165, 1.54) is 0 Å². The van der Waals surface area contributed by atoms with E-state index in [1.807, 2.05) is 44.2 Å². The number of aryl methyl sites for hydroxylation is 1. The second-order valence-electron chi connectivity index (χ2n) is 6.46. The van der Waals surface area contributed by atoms with E-state index in [1.54, 1.807) is 26.4 Å². The molecule has 0 bridgehead atoms. The predicted octanol–water partition coefficient (Wildman–Crippen LogP) is 4.68. The molecular weight excluding hydrogens is 370 g/mol. The largest absolute Gasteiger partial charge is 0.493 e. The lowest BCUT2D eigenvalue weighted by Gasteiger charge is -2.09. The van der Waals surface area contributed by atoms with E-state index in [4.69, 9.17) is 18.7 Å². The molecule has 0 saturated carbocycles. The fraction of sp³-hybridized carbons (Fsp3) is 0.227. The van der Waals surface area contributed by atoms with E-state index in [0.29, 0.717) is 41.3 Å². The van der Waals surface area contributed by atoms with Crippen molar-refractivity contribution in [3.8, 4) is 40.2 Å². The summed E-state index contributed by atoms with van der Waals surface area (Å²) in [5.74, 6) is 2.47. The standard InChI is InChI=1S/C22H21N3O4/c1-5-28-22-16(11-14-7-6-13(2)10-17(14)23-22)20-24-21(29-25-20)15-8-9-18(26-3)19(12-15)27-4/h6-12H,5H2,1-4H3. The summed E-state index contributed by atoms with van der Waals surface area (Å²) in [5.41, 5.74) is 3.40. The number of hydrogen-bond donors (Lipinski definition) is 0. The Morgan fingerprint density at radius 3 is 2.52 bits per heavy atom. The molecule has 7 nitrogen and oxygen atoms in total. The average molecular weight is 391 g/mol. The summed E-state index contributed by atoms with van der Waals surface area (Å²) in [5, 5.41) is 5.13. The smallest absolute Gasteiger partial charge is 0.258 e. The van der Waals surface area contributed by atoms with Crippen LogP contribution in [0.4, 0.5) is 0 Å². The molecule has 7 heteroatoms. The molecule has 0 unspecified atom stereocenters. The van der Waals surface area contributed by atoms with Gasteiger partial charge in [-0.15, -0.1) is 0 Å². The third-order valence-corrected chi connectivity index (χ3v) is 4.52. The Labute approximate surface area is 168 Å². The normalized spacial score (nSPS) is 10.9. The van der Waals surface area contributed by atoms with E-state index < -0.39 is 0 Å². The highest BCUT2D eigenvalue weighted by Gasteiger charge is 2.18. The topological polar surface area (TPSA) is 79.5 Å². The summed E-state index contributed by atoms with van der Waals surface area (Å²) in [6.07, 6.45) is 0. The number of nitrogens with zero attached hydrogens (tertiary/aromatic N) is 3. The van der Waals surface area contributed by atoms with Crippen molar-refractivity contribution in [3.63, 3.8) is 0 Å². The maximum atomic E-state index is 5.75. The van der Waals surface area contributed by atoms with Crippen molar-refractivity contribution in [1.29, 1.82) is 0 Å². The van der Waals surface area contributed by atoms with E-state index in [2.05, 4.69) is 15.1 Å². The number of methoxy groups -OCH3 is 2. The average Bonchev–Trinajstić information content (AvgIpc) is 3.23. The summed E-state index contributed by atoms with van der Waals surface area (Å²) in [4.78, 5) is 9.21. The second-order valence-corrected chi connectivity index (χ2v) is 6.46. The van der Waals surface area contributed by atoms with E-state index in [0.717, 1.165) is 22.0 Å². The van der Waals surface area contributed by atoms with Crippen LogP contribution in [0.5, 0.6) is 17.4 Å². The van der Waals surface area contributed by atoms with Gasteiger partial charge in [0.2, 0.25) is 11.7 Å². The first-order chi connectivity index (χ1) is 14.1. The van der Waals surface area contributed by atoms with Gasteiger partial charge in [-0.2, -0.15) is 4.98 Å². The summed E-state index contributed by atoms with van der Waals surface area (Å²) >= 11 is 0. The van der Waals surface area contributed by atoms with E-state index in [-0.39, 0.29) is 0 Å². The van der Waals surface area contributed by atoms with Gasteiger partial charge in [0.05, 0.1) is 31.9 Å². The van der Waals surface area contributed by atoms with Gasteiger partial charge in [0.15, 0.2) is 11.5 Å². The molecule has 0 amide bonds. The highest BCUT2D eigenvalue weighted by molar-refractivity contribution is 5.85. The van der Waals surface area contributed by atoms with Crippen molar-refractivity contribution in [2.45, 2.75) is 13.8 Å². The maximum Gasteiger partial charge on any atom is 0.258 e. The molecule has 0 aliphatic rings. The molecule has 4 aromatic rings. The quantitative estimate of drug-likeness (QED) is 0.472. The van der Waals surface area contributed by atoms with Crippen LogP contribution in [0.15, 0.2) is 47.0 Å². The third kappa shape index (κ3) is 3.59. The number of aromatic nitrogens is 3. The van der Waals surface area contributed by atoms with Crippen LogP contribution in [0.1, 0.15) is 12.5 Å². The number of rotatable bonds is 6. The number of fused-ring (bicyclic) bond motifs is 1. The minimum atomic E-state index is 0.368.